The van der Waals surface area contributed by atoms with Crippen molar-refractivity contribution in [3.63, 3.8) is 0 Å². The molecule has 1 rings (SSSR count). The van der Waals surface area contributed by atoms with Gasteiger partial charge in [0.1, 0.15) is 6.34 Å². The van der Waals surface area contributed by atoms with Gasteiger partial charge in [0, 0.05) is 6.20 Å². The minimum absolute atomic E-state index is 0.229. The summed E-state index contributed by atoms with van der Waals surface area (Å²) < 4.78 is 4.99. The van der Waals surface area contributed by atoms with E-state index in [-0.39, 0.29) is 5.92 Å². The van der Waals surface area contributed by atoms with Gasteiger partial charge < -0.3 is 4.74 Å². The van der Waals surface area contributed by atoms with Gasteiger partial charge in [-0.3, -0.25) is 0 Å². The molecule has 1 aliphatic heterocycles. The molecule has 0 saturated heterocycles. The zero-order chi connectivity index (χ0) is 7.40. The van der Waals surface area contributed by atoms with Crippen molar-refractivity contribution in [1.29, 1.82) is 0 Å². The van der Waals surface area contributed by atoms with Crippen LogP contribution in [0.25, 0.3) is 0 Å². The molecule has 0 aliphatic carbocycles. The normalized spacial score (nSPS) is 23.8. The average molecular weight is 138 g/mol. The molecule has 3 nitrogen and oxygen atoms in total. The van der Waals surface area contributed by atoms with Crippen LogP contribution >= 0.6 is 0 Å². The first-order chi connectivity index (χ1) is 4.84. The lowest BCUT2D eigenvalue weighted by molar-refractivity contribution is 0.382. The van der Waals surface area contributed by atoms with Gasteiger partial charge in [0.05, 0.1) is 13.0 Å². The number of ether oxygens (including phenoxy) is 1. The van der Waals surface area contributed by atoms with E-state index < -0.39 is 0 Å². The maximum atomic E-state index is 4.99. The van der Waals surface area contributed by atoms with Gasteiger partial charge in [-0.05, 0) is 0 Å². The second-order valence-corrected chi connectivity index (χ2v) is 2.07. The molecule has 10 heavy (non-hydrogen) atoms. The fourth-order valence-electron chi connectivity index (χ4n) is 0.746. The van der Waals surface area contributed by atoms with Crippen LogP contribution in [0.15, 0.2) is 22.3 Å². The lowest BCUT2D eigenvalue weighted by atomic mass is 10.2. The smallest absolute Gasteiger partial charge is 0.195 e. The molecule has 0 fully saturated rings. The van der Waals surface area contributed by atoms with Crippen molar-refractivity contribution < 1.29 is 4.74 Å². The van der Waals surface area contributed by atoms with Crippen LogP contribution in [0.3, 0.4) is 0 Å². The van der Waals surface area contributed by atoms with E-state index in [0.29, 0.717) is 5.90 Å². The van der Waals surface area contributed by atoms with Crippen molar-refractivity contribution >= 4 is 12.2 Å². The van der Waals surface area contributed by atoms with Gasteiger partial charge in [-0.15, -0.1) is 0 Å². The first-order valence-electron chi connectivity index (χ1n) is 3.14. The summed E-state index contributed by atoms with van der Waals surface area (Å²) in [4.78, 5) is 7.81. The first-order valence-corrected chi connectivity index (χ1v) is 3.14. The highest BCUT2D eigenvalue weighted by atomic mass is 16.5. The lowest BCUT2D eigenvalue weighted by Crippen LogP contribution is -2.10. The standard InChI is InChI=1S/C7H10N2O/c1-6-3-4-8-5-9-7(6)10-2/h3-6H,1-2H3. The SMILES string of the molecule is COC1=NC=NC=CC1C. The summed E-state index contributed by atoms with van der Waals surface area (Å²) in [5, 5.41) is 0. The molecule has 0 amide bonds. The summed E-state index contributed by atoms with van der Waals surface area (Å²) in [5.41, 5.74) is 0. The fourth-order valence-corrected chi connectivity index (χ4v) is 0.746. The Bertz CT molecular complexity index is 194. The minimum Gasteiger partial charge on any atom is -0.484 e. The molecule has 1 atom stereocenters. The molecule has 0 spiro atoms. The van der Waals surface area contributed by atoms with Crippen LogP contribution in [-0.2, 0) is 4.74 Å². The first kappa shape index (κ1) is 6.99. The van der Waals surface area contributed by atoms with Gasteiger partial charge in [-0.2, -0.15) is 0 Å². The molecule has 3 heteroatoms. The van der Waals surface area contributed by atoms with E-state index in [1.165, 1.54) is 6.34 Å². The molecular weight excluding hydrogens is 128 g/mol. The molecule has 1 heterocycles. The second kappa shape index (κ2) is 3.15. The van der Waals surface area contributed by atoms with Gasteiger partial charge in [0.25, 0.3) is 0 Å². The highest BCUT2D eigenvalue weighted by Crippen LogP contribution is 2.03. The highest BCUT2D eigenvalue weighted by molar-refractivity contribution is 5.87. The third-order valence-corrected chi connectivity index (χ3v) is 1.31. The highest BCUT2D eigenvalue weighted by Gasteiger charge is 2.06. The molecular formula is C7H10N2O. The summed E-state index contributed by atoms with van der Waals surface area (Å²) in [7, 11) is 1.61. The summed E-state index contributed by atoms with van der Waals surface area (Å²) in [6.45, 7) is 2.01. The molecule has 1 unspecified atom stereocenters. The predicted molar refractivity (Wildman–Crippen MR) is 41.2 cm³/mol. The topological polar surface area (TPSA) is 34.0 Å². The predicted octanol–water partition coefficient (Wildman–Crippen LogP) is 1.22. The van der Waals surface area contributed by atoms with Gasteiger partial charge in [-0.25, -0.2) is 9.98 Å². The summed E-state index contributed by atoms with van der Waals surface area (Å²) >= 11 is 0. The van der Waals surface area contributed by atoms with Crippen molar-refractivity contribution in [2.45, 2.75) is 6.92 Å². The van der Waals surface area contributed by atoms with Crippen LogP contribution in [-0.4, -0.2) is 19.3 Å². The van der Waals surface area contributed by atoms with Crippen LogP contribution in [0.5, 0.6) is 0 Å². The molecule has 0 aromatic heterocycles. The Labute approximate surface area is 60.1 Å². The van der Waals surface area contributed by atoms with Crippen LogP contribution in [0.1, 0.15) is 6.92 Å². The Hall–Kier alpha value is -1.12. The fraction of sp³-hybridized carbons (Fsp3) is 0.429. The van der Waals surface area contributed by atoms with E-state index in [9.17, 15) is 0 Å². The average Bonchev–Trinajstić information content (AvgIpc) is 2.13. The number of aliphatic imine (C=N–C) groups is 2. The zero-order valence-electron chi connectivity index (χ0n) is 6.11. The molecule has 0 N–H and O–H groups in total. The third kappa shape index (κ3) is 1.43. The number of nitrogens with zero attached hydrogens (tertiary/aromatic N) is 2. The van der Waals surface area contributed by atoms with Crippen molar-refractivity contribution in [3.05, 3.63) is 12.3 Å². The van der Waals surface area contributed by atoms with Gasteiger partial charge >= 0.3 is 0 Å². The molecule has 0 bridgehead atoms. The molecule has 0 aromatic carbocycles. The van der Waals surface area contributed by atoms with Gasteiger partial charge in [0.2, 0.25) is 0 Å². The number of rotatable bonds is 0. The zero-order valence-corrected chi connectivity index (χ0v) is 6.11. The molecule has 0 aromatic rings. The van der Waals surface area contributed by atoms with Crippen molar-refractivity contribution in [2.75, 3.05) is 7.11 Å². The molecule has 54 valence electrons. The van der Waals surface area contributed by atoms with E-state index in [4.69, 9.17) is 4.74 Å². The monoisotopic (exact) mass is 138 g/mol. The molecule has 0 radical (unpaired) electrons. The van der Waals surface area contributed by atoms with Crippen molar-refractivity contribution in [1.82, 2.24) is 0 Å². The van der Waals surface area contributed by atoms with E-state index in [1.807, 2.05) is 13.0 Å². The van der Waals surface area contributed by atoms with Crippen molar-refractivity contribution in [3.8, 4) is 0 Å². The van der Waals surface area contributed by atoms with E-state index >= 15 is 0 Å². The van der Waals surface area contributed by atoms with Crippen LogP contribution in [0, 0.1) is 5.92 Å². The summed E-state index contributed by atoms with van der Waals surface area (Å²) in [5.74, 6) is 0.935. The molecule has 1 aliphatic rings. The van der Waals surface area contributed by atoms with E-state index in [0.717, 1.165) is 0 Å². The summed E-state index contributed by atoms with van der Waals surface area (Å²) in [6, 6.07) is 0. The number of hydrogen-bond donors (Lipinski definition) is 0. The van der Waals surface area contributed by atoms with E-state index in [1.54, 1.807) is 13.3 Å². The largest absolute Gasteiger partial charge is 0.484 e. The maximum Gasteiger partial charge on any atom is 0.195 e. The quantitative estimate of drug-likeness (QED) is 0.495. The van der Waals surface area contributed by atoms with Crippen molar-refractivity contribution in [2.24, 2.45) is 15.9 Å². The Morgan fingerprint density at radius 2 is 2.40 bits per heavy atom. The maximum absolute atomic E-state index is 4.99. The van der Waals surface area contributed by atoms with Gasteiger partial charge in [0.15, 0.2) is 5.90 Å². The number of hydrogen-bond acceptors (Lipinski definition) is 3. The summed E-state index contributed by atoms with van der Waals surface area (Å²) in [6.07, 6.45) is 5.14. The van der Waals surface area contributed by atoms with Crippen LogP contribution in [0.4, 0.5) is 0 Å². The Morgan fingerprint density at radius 3 is 3.10 bits per heavy atom. The van der Waals surface area contributed by atoms with Crippen LogP contribution in [0.2, 0.25) is 0 Å². The second-order valence-electron chi connectivity index (χ2n) is 2.07. The Kier molecular flexibility index (Phi) is 2.20. The van der Waals surface area contributed by atoms with Gasteiger partial charge in [-0.1, -0.05) is 13.0 Å². The third-order valence-electron chi connectivity index (χ3n) is 1.31. The Morgan fingerprint density at radius 1 is 1.60 bits per heavy atom. The van der Waals surface area contributed by atoms with Crippen LogP contribution < -0.4 is 0 Å². The molecule has 0 saturated carbocycles. The Balaban J connectivity index is 2.77. The number of methoxy groups -OCH3 is 1. The minimum atomic E-state index is 0.229. The van der Waals surface area contributed by atoms with E-state index in [2.05, 4.69) is 9.98 Å². The lowest BCUT2D eigenvalue weighted by Gasteiger charge is -2.05.